The summed E-state index contributed by atoms with van der Waals surface area (Å²) in [7, 11) is 0. The highest BCUT2D eigenvalue weighted by Gasteiger charge is 2.25. The lowest BCUT2D eigenvalue weighted by Gasteiger charge is -2.24. The molecule has 0 spiro atoms. The van der Waals surface area contributed by atoms with Gasteiger partial charge in [0, 0.05) is 0 Å². The monoisotopic (exact) mass is 379 g/mol. The molecule has 0 aliphatic heterocycles. The summed E-state index contributed by atoms with van der Waals surface area (Å²) in [6.45, 7) is 9.10. The van der Waals surface area contributed by atoms with E-state index in [1.54, 1.807) is 20.8 Å². The van der Waals surface area contributed by atoms with E-state index in [0.29, 0.717) is 6.42 Å². The summed E-state index contributed by atoms with van der Waals surface area (Å²) in [4.78, 5) is 35.9. The minimum atomic E-state index is -0.853. The summed E-state index contributed by atoms with van der Waals surface area (Å²) in [6, 6.07) is 8.30. The van der Waals surface area contributed by atoms with Gasteiger partial charge < -0.3 is 14.8 Å². The molecule has 1 unspecified atom stereocenters. The molecule has 3 amide bonds. The van der Waals surface area contributed by atoms with Crippen LogP contribution in [0.15, 0.2) is 30.3 Å². The van der Waals surface area contributed by atoms with Gasteiger partial charge in [-0.15, -0.1) is 0 Å². The molecule has 0 fully saturated rings. The van der Waals surface area contributed by atoms with Gasteiger partial charge in [-0.3, -0.25) is 10.2 Å². The van der Waals surface area contributed by atoms with Crippen molar-refractivity contribution in [3.05, 3.63) is 35.9 Å². The average Bonchev–Trinajstić information content (AvgIpc) is 2.56. The lowest BCUT2D eigenvalue weighted by molar-refractivity contribution is -0.124. The summed E-state index contributed by atoms with van der Waals surface area (Å²) >= 11 is 0. The predicted octanol–water partition coefficient (Wildman–Crippen LogP) is 2.88. The van der Waals surface area contributed by atoms with Crippen LogP contribution in [-0.2, 0) is 20.9 Å². The van der Waals surface area contributed by atoms with Crippen LogP contribution in [0.25, 0.3) is 0 Å². The van der Waals surface area contributed by atoms with Crippen LogP contribution in [0.4, 0.5) is 9.59 Å². The van der Waals surface area contributed by atoms with Gasteiger partial charge in [-0.25, -0.2) is 15.0 Å². The van der Waals surface area contributed by atoms with E-state index < -0.39 is 29.7 Å². The number of carbonyl (C=O) groups excluding carboxylic acids is 3. The van der Waals surface area contributed by atoms with Crippen molar-refractivity contribution in [1.82, 2.24) is 16.2 Å². The molecule has 1 rings (SSSR count). The molecule has 3 N–H and O–H groups in total. The van der Waals surface area contributed by atoms with Gasteiger partial charge in [0.1, 0.15) is 18.2 Å². The number of alkyl carbamates (subject to hydrolysis) is 1. The minimum absolute atomic E-state index is 0.0775. The Morgan fingerprint density at radius 3 is 2.19 bits per heavy atom. The number of hydrogen-bond acceptors (Lipinski definition) is 5. The Morgan fingerprint density at radius 1 is 1.00 bits per heavy atom. The lowest BCUT2D eigenvalue weighted by atomic mass is 10.0. The summed E-state index contributed by atoms with van der Waals surface area (Å²) in [5, 5.41) is 2.52. The zero-order valence-electron chi connectivity index (χ0n) is 16.5. The fourth-order valence-electron chi connectivity index (χ4n) is 2.11. The van der Waals surface area contributed by atoms with Crippen molar-refractivity contribution < 1.29 is 23.9 Å². The summed E-state index contributed by atoms with van der Waals surface area (Å²) in [5.74, 6) is -0.424. The molecule has 8 heteroatoms. The fourth-order valence-corrected chi connectivity index (χ4v) is 2.11. The predicted molar refractivity (Wildman–Crippen MR) is 101 cm³/mol. The Labute approximate surface area is 160 Å². The van der Waals surface area contributed by atoms with E-state index >= 15 is 0 Å². The second kappa shape index (κ2) is 10.4. The van der Waals surface area contributed by atoms with Crippen molar-refractivity contribution >= 4 is 18.1 Å². The first-order chi connectivity index (χ1) is 12.6. The topological polar surface area (TPSA) is 106 Å². The van der Waals surface area contributed by atoms with Gasteiger partial charge in [-0.2, -0.15) is 0 Å². The first-order valence-corrected chi connectivity index (χ1v) is 8.83. The van der Waals surface area contributed by atoms with Gasteiger partial charge >= 0.3 is 12.2 Å². The van der Waals surface area contributed by atoms with Crippen LogP contribution in [0, 0.1) is 5.92 Å². The normalized spacial score (nSPS) is 12.1. The molecule has 0 aliphatic rings. The minimum Gasteiger partial charge on any atom is -0.444 e. The van der Waals surface area contributed by atoms with Gasteiger partial charge in [-0.05, 0) is 38.7 Å². The van der Waals surface area contributed by atoms with Crippen LogP contribution in [0.1, 0.15) is 46.6 Å². The van der Waals surface area contributed by atoms with E-state index in [1.165, 1.54) is 0 Å². The van der Waals surface area contributed by atoms with E-state index in [9.17, 15) is 14.4 Å². The molecule has 0 aliphatic carbocycles. The standard InChI is InChI=1S/C19H29N3O5/c1-13(2)11-15(20-17(24)27-19(3,4)5)16(23)21-22-18(25)26-12-14-9-7-6-8-10-14/h6-10,13,15H,11-12H2,1-5H3,(H,20,24)(H,21,23)(H,22,25). The first kappa shape index (κ1) is 22.3. The van der Waals surface area contributed by atoms with Crippen LogP contribution in [0.3, 0.4) is 0 Å². The molecular weight excluding hydrogens is 350 g/mol. The number of hydrogen-bond donors (Lipinski definition) is 3. The van der Waals surface area contributed by atoms with Crippen molar-refractivity contribution in [3.8, 4) is 0 Å². The maximum atomic E-state index is 12.3. The van der Waals surface area contributed by atoms with Crippen LogP contribution in [0.5, 0.6) is 0 Å². The van der Waals surface area contributed by atoms with Gasteiger partial charge in [0.2, 0.25) is 0 Å². The van der Waals surface area contributed by atoms with E-state index in [1.807, 2.05) is 44.2 Å². The maximum absolute atomic E-state index is 12.3. The summed E-state index contributed by atoms with van der Waals surface area (Å²) < 4.78 is 10.2. The van der Waals surface area contributed by atoms with Crippen LogP contribution >= 0.6 is 0 Å². The largest absolute Gasteiger partial charge is 0.444 e. The third kappa shape index (κ3) is 10.1. The number of nitrogens with one attached hydrogen (secondary N) is 3. The number of benzene rings is 1. The Balaban J connectivity index is 2.50. The number of rotatable bonds is 6. The van der Waals surface area contributed by atoms with E-state index in [4.69, 9.17) is 9.47 Å². The van der Waals surface area contributed by atoms with Crippen molar-refractivity contribution in [1.29, 1.82) is 0 Å². The highest BCUT2D eigenvalue weighted by atomic mass is 16.6. The smallest absolute Gasteiger partial charge is 0.426 e. The number of carbonyl (C=O) groups is 3. The molecular formula is C19H29N3O5. The molecule has 27 heavy (non-hydrogen) atoms. The Kier molecular flexibility index (Phi) is 8.58. The van der Waals surface area contributed by atoms with E-state index in [2.05, 4.69) is 16.2 Å². The second-order valence-corrected chi connectivity index (χ2v) is 7.50. The molecule has 0 heterocycles. The molecule has 150 valence electrons. The number of hydrazine groups is 1. The lowest BCUT2D eigenvalue weighted by Crippen LogP contribution is -2.53. The van der Waals surface area contributed by atoms with Gasteiger partial charge in [-0.1, -0.05) is 44.2 Å². The average molecular weight is 379 g/mol. The van der Waals surface area contributed by atoms with Crippen molar-refractivity contribution in [2.45, 2.75) is 59.3 Å². The zero-order valence-corrected chi connectivity index (χ0v) is 16.5. The SMILES string of the molecule is CC(C)CC(NC(=O)OC(C)(C)C)C(=O)NNC(=O)OCc1ccccc1. The van der Waals surface area contributed by atoms with Crippen molar-refractivity contribution in [2.75, 3.05) is 0 Å². The van der Waals surface area contributed by atoms with Crippen molar-refractivity contribution in [3.63, 3.8) is 0 Å². The fraction of sp³-hybridized carbons (Fsp3) is 0.526. The highest BCUT2D eigenvalue weighted by Crippen LogP contribution is 2.09. The quantitative estimate of drug-likeness (QED) is 0.659. The molecule has 0 aromatic heterocycles. The maximum Gasteiger partial charge on any atom is 0.426 e. The van der Waals surface area contributed by atoms with Crippen LogP contribution < -0.4 is 16.2 Å². The third-order valence-corrected chi connectivity index (χ3v) is 3.22. The Morgan fingerprint density at radius 2 is 1.63 bits per heavy atom. The van der Waals surface area contributed by atoms with Gasteiger partial charge in [0.15, 0.2) is 0 Å². The second-order valence-electron chi connectivity index (χ2n) is 7.50. The molecule has 8 nitrogen and oxygen atoms in total. The van der Waals surface area contributed by atoms with Gasteiger partial charge in [0.25, 0.3) is 5.91 Å². The molecule has 0 saturated carbocycles. The van der Waals surface area contributed by atoms with E-state index in [0.717, 1.165) is 5.56 Å². The summed E-state index contributed by atoms with van der Waals surface area (Å²) in [5.41, 5.74) is 4.58. The third-order valence-electron chi connectivity index (χ3n) is 3.22. The molecule has 0 radical (unpaired) electrons. The number of ether oxygens (including phenoxy) is 2. The summed E-state index contributed by atoms with van der Waals surface area (Å²) in [6.07, 6.45) is -1.12. The first-order valence-electron chi connectivity index (χ1n) is 8.83. The molecule has 1 atom stereocenters. The van der Waals surface area contributed by atoms with Gasteiger partial charge in [0.05, 0.1) is 0 Å². The van der Waals surface area contributed by atoms with Crippen molar-refractivity contribution in [2.24, 2.45) is 5.92 Å². The zero-order chi connectivity index (χ0) is 20.4. The van der Waals surface area contributed by atoms with Crippen LogP contribution in [-0.4, -0.2) is 29.7 Å². The molecule has 1 aromatic rings. The van der Waals surface area contributed by atoms with E-state index in [-0.39, 0.29) is 12.5 Å². The highest BCUT2D eigenvalue weighted by molar-refractivity contribution is 5.86. The number of amides is 3. The van der Waals surface area contributed by atoms with Crippen LogP contribution in [0.2, 0.25) is 0 Å². The Bertz CT molecular complexity index is 626. The molecule has 0 bridgehead atoms. The molecule has 1 aromatic carbocycles. The molecule has 0 saturated heterocycles. The Hall–Kier alpha value is -2.77.